The third kappa shape index (κ3) is 3.72. The quantitative estimate of drug-likeness (QED) is 0.735. The van der Waals surface area contributed by atoms with Gasteiger partial charge in [-0.25, -0.2) is 17.5 Å². The maximum absolute atomic E-state index is 13.3. The van der Waals surface area contributed by atoms with E-state index in [2.05, 4.69) is 4.72 Å². The molecular formula is C14H21FN2O3S. The molecule has 7 heteroatoms. The summed E-state index contributed by atoms with van der Waals surface area (Å²) in [7, 11) is -3.76. The van der Waals surface area contributed by atoms with Crippen molar-refractivity contribution in [3.63, 3.8) is 0 Å². The Hall–Kier alpha value is -1.18. The summed E-state index contributed by atoms with van der Waals surface area (Å²) in [5, 5.41) is 9.87. The maximum Gasteiger partial charge on any atom is 0.240 e. The highest BCUT2D eigenvalue weighted by Crippen LogP contribution is 2.25. The molecule has 1 aromatic carbocycles. The van der Waals surface area contributed by atoms with Crippen LogP contribution in [0.5, 0.6) is 0 Å². The van der Waals surface area contributed by atoms with E-state index < -0.39 is 21.9 Å². The van der Waals surface area contributed by atoms with Crippen LogP contribution in [0.4, 0.5) is 10.1 Å². The van der Waals surface area contributed by atoms with E-state index in [1.54, 1.807) is 0 Å². The fourth-order valence-corrected chi connectivity index (χ4v) is 4.03. The summed E-state index contributed by atoms with van der Waals surface area (Å²) < 4.78 is 40.4. The van der Waals surface area contributed by atoms with E-state index in [0.29, 0.717) is 12.0 Å². The highest BCUT2D eigenvalue weighted by atomic mass is 32.2. The molecule has 0 radical (unpaired) electrons. The second-order valence-corrected chi connectivity index (χ2v) is 7.34. The van der Waals surface area contributed by atoms with E-state index >= 15 is 0 Å². The Bertz CT molecular complexity index is 619. The number of aliphatic hydroxyl groups excluding tert-OH is 1. The minimum atomic E-state index is -3.76. The van der Waals surface area contributed by atoms with Crippen LogP contribution < -0.4 is 10.5 Å². The molecule has 118 valence electrons. The van der Waals surface area contributed by atoms with Crippen molar-refractivity contribution in [1.82, 2.24) is 4.72 Å². The number of aryl methyl sites for hydroxylation is 1. The number of nitrogens with one attached hydrogen (secondary N) is 1. The van der Waals surface area contributed by atoms with E-state index in [1.807, 2.05) is 0 Å². The fraction of sp³-hybridized carbons (Fsp3) is 0.571. The van der Waals surface area contributed by atoms with E-state index in [9.17, 15) is 17.9 Å². The van der Waals surface area contributed by atoms with E-state index in [0.717, 1.165) is 31.4 Å². The van der Waals surface area contributed by atoms with Gasteiger partial charge in [0.2, 0.25) is 10.0 Å². The third-order valence-corrected chi connectivity index (χ3v) is 5.55. The highest BCUT2D eigenvalue weighted by molar-refractivity contribution is 7.89. The average Bonchev–Trinajstić information content (AvgIpc) is 2.42. The summed E-state index contributed by atoms with van der Waals surface area (Å²) in [6.07, 6.45) is 2.99. The Kier molecular flexibility index (Phi) is 4.85. The molecule has 1 saturated carbocycles. The van der Waals surface area contributed by atoms with Gasteiger partial charge in [0.25, 0.3) is 0 Å². The fourth-order valence-electron chi connectivity index (χ4n) is 2.68. The van der Waals surface area contributed by atoms with Crippen LogP contribution in [0.25, 0.3) is 0 Å². The topological polar surface area (TPSA) is 92.4 Å². The van der Waals surface area contributed by atoms with Crippen LogP contribution in [0.2, 0.25) is 0 Å². The molecule has 1 fully saturated rings. The molecule has 1 aliphatic rings. The van der Waals surface area contributed by atoms with Crippen LogP contribution >= 0.6 is 0 Å². The number of anilines is 1. The lowest BCUT2D eigenvalue weighted by atomic mass is 9.87. The van der Waals surface area contributed by atoms with Crippen molar-refractivity contribution >= 4 is 15.7 Å². The lowest BCUT2D eigenvalue weighted by molar-refractivity contribution is 0.0724. The second kappa shape index (κ2) is 6.29. The number of halogens is 1. The normalized spacial score (nSPS) is 23.2. The molecule has 21 heavy (non-hydrogen) atoms. The van der Waals surface area contributed by atoms with E-state index in [-0.39, 0.29) is 23.0 Å². The first kappa shape index (κ1) is 16.2. The zero-order valence-corrected chi connectivity index (χ0v) is 12.8. The van der Waals surface area contributed by atoms with Gasteiger partial charge in [-0.15, -0.1) is 0 Å². The Balaban J connectivity index is 2.13. The minimum absolute atomic E-state index is 0.0216. The number of hydrogen-bond acceptors (Lipinski definition) is 4. The van der Waals surface area contributed by atoms with Crippen LogP contribution in [0.1, 0.15) is 31.2 Å². The molecule has 1 aliphatic carbocycles. The number of nitrogen functional groups attached to an aromatic ring is 1. The maximum atomic E-state index is 13.3. The summed E-state index contributed by atoms with van der Waals surface area (Å²) in [6, 6.07) is 2.24. The Labute approximate surface area is 124 Å². The van der Waals surface area contributed by atoms with Crippen molar-refractivity contribution in [2.24, 2.45) is 5.92 Å². The van der Waals surface area contributed by atoms with E-state index in [1.165, 1.54) is 6.92 Å². The van der Waals surface area contributed by atoms with Gasteiger partial charge in [0.1, 0.15) is 5.82 Å². The van der Waals surface area contributed by atoms with Gasteiger partial charge < -0.3 is 10.8 Å². The molecule has 0 saturated heterocycles. The Morgan fingerprint density at radius 2 is 2.05 bits per heavy atom. The van der Waals surface area contributed by atoms with Crippen LogP contribution in [-0.2, 0) is 10.0 Å². The van der Waals surface area contributed by atoms with Crippen molar-refractivity contribution in [3.8, 4) is 0 Å². The van der Waals surface area contributed by atoms with Gasteiger partial charge in [-0.05, 0) is 43.4 Å². The summed E-state index contributed by atoms with van der Waals surface area (Å²) >= 11 is 0. The molecule has 4 N–H and O–H groups in total. The highest BCUT2D eigenvalue weighted by Gasteiger charge is 2.26. The predicted octanol–water partition coefficient (Wildman–Crippen LogP) is 1.55. The van der Waals surface area contributed by atoms with Crippen molar-refractivity contribution in [1.29, 1.82) is 0 Å². The first-order valence-electron chi connectivity index (χ1n) is 7.04. The van der Waals surface area contributed by atoms with Gasteiger partial charge in [-0.2, -0.15) is 0 Å². The molecule has 2 rings (SSSR count). The molecule has 2 atom stereocenters. The standard InChI is InChI=1S/C14H21FN2O3S/c1-9-6-11(15)12(16)7-14(9)21(19,20)17-8-10-4-2-3-5-13(10)18/h6-7,10,13,17-18H,2-5,8,16H2,1H3. The molecule has 0 aliphatic heterocycles. The Morgan fingerprint density at radius 1 is 1.38 bits per heavy atom. The van der Waals surface area contributed by atoms with Crippen LogP contribution in [0, 0.1) is 18.7 Å². The molecular weight excluding hydrogens is 295 g/mol. The number of nitrogens with two attached hydrogens (primary N) is 1. The first-order valence-corrected chi connectivity index (χ1v) is 8.53. The predicted molar refractivity (Wildman–Crippen MR) is 78.7 cm³/mol. The first-order chi connectivity index (χ1) is 9.81. The number of hydrogen-bond donors (Lipinski definition) is 3. The zero-order valence-electron chi connectivity index (χ0n) is 12.0. The molecule has 0 spiro atoms. The summed E-state index contributed by atoms with van der Waals surface area (Å²) in [6.45, 7) is 1.70. The lowest BCUT2D eigenvalue weighted by Gasteiger charge is -2.27. The van der Waals surface area contributed by atoms with E-state index in [4.69, 9.17) is 5.73 Å². The largest absolute Gasteiger partial charge is 0.396 e. The molecule has 2 unspecified atom stereocenters. The molecule has 5 nitrogen and oxygen atoms in total. The Morgan fingerprint density at radius 3 is 2.71 bits per heavy atom. The average molecular weight is 316 g/mol. The van der Waals surface area contributed by atoms with Crippen molar-refractivity contribution < 1.29 is 17.9 Å². The summed E-state index contributed by atoms with van der Waals surface area (Å²) in [4.78, 5) is -0.0216. The second-order valence-electron chi connectivity index (χ2n) is 5.60. The lowest BCUT2D eigenvalue weighted by Crippen LogP contribution is -2.36. The smallest absolute Gasteiger partial charge is 0.240 e. The van der Waals surface area contributed by atoms with Crippen LogP contribution in [0.15, 0.2) is 17.0 Å². The molecule has 0 bridgehead atoms. The summed E-state index contributed by atoms with van der Waals surface area (Å²) in [5.74, 6) is -0.708. The van der Waals surface area contributed by atoms with Crippen molar-refractivity contribution in [3.05, 3.63) is 23.5 Å². The van der Waals surface area contributed by atoms with Gasteiger partial charge in [-0.3, -0.25) is 0 Å². The van der Waals surface area contributed by atoms with Gasteiger partial charge in [0.05, 0.1) is 16.7 Å². The van der Waals surface area contributed by atoms with Gasteiger partial charge in [-0.1, -0.05) is 12.8 Å². The number of aliphatic hydroxyl groups is 1. The molecule has 1 aromatic rings. The van der Waals surface area contributed by atoms with Gasteiger partial charge >= 0.3 is 0 Å². The minimum Gasteiger partial charge on any atom is -0.396 e. The monoisotopic (exact) mass is 316 g/mol. The van der Waals surface area contributed by atoms with Crippen molar-refractivity contribution in [2.45, 2.75) is 43.6 Å². The zero-order chi connectivity index (χ0) is 15.6. The molecule has 0 heterocycles. The third-order valence-electron chi connectivity index (χ3n) is 3.99. The molecule has 0 amide bonds. The van der Waals surface area contributed by atoms with Crippen LogP contribution in [0.3, 0.4) is 0 Å². The number of rotatable bonds is 4. The number of sulfonamides is 1. The molecule has 0 aromatic heterocycles. The van der Waals surface area contributed by atoms with Gasteiger partial charge in [0, 0.05) is 6.54 Å². The number of benzene rings is 1. The SMILES string of the molecule is Cc1cc(F)c(N)cc1S(=O)(=O)NCC1CCCCC1O. The van der Waals surface area contributed by atoms with Crippen LogP contribution in [-0.4, -0.2) is 26.2 Å². The van der Waals surface area contributed by atoms with Gasteiger partial charge in [0.15, 0.2) is 0 Å². The summed E-state index contributed by atoms with van der Waals surface area (Å²) in [5.41, 5.74) is 5.55. The van der Waals surface area contributed by atoms with Crippen molar-refractivity contribution in [2.75, 3.05) is 12.3 Å².